The van der Waals surface area contributed by atoms with Gasteiger partial charge in [0, 0.05) is 6.42 Å². The molecular weight excluding hydrogens is 1020 g/mol. The first kappa shape index (κ1) is 71.8. The monoisotopic (exact) mass is 1140 g/mol. The molecule has 3 rings (SSSR count). The highest BCUT2D eigenvalue weighted by molar-refractivity contribution is 5.76. The lowest BCUT2D eigenvalue weighted by Crippen LogP contribution is -2.66. The normalized spacial score (nSPS) is 30.3. The van der Waals surface area contributed by atoms with Crippen molar-refractivity contribution < 1.29 is 89.4 Å². The van der Waals surface area contributed by atoms with Gasteiger partial charge in [-0.05, 0) is 19.3 Å². The predicted octanol–water partition coefficient (Wildman–Crippen LogP) is 6.16. The number of aliphatic hydroxyl groups excluding tert-OH is 11. The molecule has 3 aliphatic rings. The Morgan fingerprint density at radius 2 is 0.785 bits per heavy atom. The van der Waals surface area contributed by atoms with Gasteiger partial charge in [0.2, 0.25) is 5.91 Å². The molecule has 0 radical (unpaired) electrons. The van der Waals surface area contributed by atoms with Crippen LogP contribution in [0.1, 0.15) is 232 Å². The number of hydrogen-bond donors (Lipinski definition) is 12. The molecule has 0 spiro atoms. The van der Waals surface area contributed by atoms with Crippen LogP contribution in [0.15, 0.2) is 12.2 Å². The second-order valence-corrected chi connectivity index (χ2v) is 22.9. The van der Waals surface area contributed by atoms with Crippen molar-refractivity contribution in [2.45, 2.75) is 336 Å². The number of carbonyl (C=O) groups is 1. The highest BCUT2D eigenvalue weighted by Crippen LogP contribution is 2.33. The van der Waals surface area contributed by atoms with Crippen molar-refractivity contribution in [3.8, 4) is 0 Å². The first-order valence-electron chi connectivity index (χ1n) is 31.4. The second-order valence-electron chi connectivity index (χ2n) is 22.9. The van der Waals surface area contributed by atoms with Crippen molar-refractivity contribution in [1.82, 2.24) is 5.32 Å². The molecule has 19 heteroatoms. The van der Waals surface area contributed by atoms with E-state index in [1.165, 1.54) is 161 Å². The Morgan fingerprint density at radius 3 is 1.19 bits per heavy atom. The average Bonchev–Trinajstić information content (AvgIpc) is 3.48. The molecule has 3 saturated heterocycles. The lowest BCUT2D eigenvalue weighted by Gasteiger charge is -2.48. The molecular formula is C60H113NO18. The summed E-state index contributed by atoms with van der Waals surface area (Å²) in [6.45, 7) is 1.74. The third-order valence-corrected chi connectivity index (χ3v) is 16.1. The quantitative estimate of drug-likeness (QED) is 0.0240. The minimum atomic E-state index is -1.97. The first-order valence-corrected chi connectivity index (χ1v) is 31.4. The molecule has 0 aromatic carbocycles. The number of nitrogens with one attached hydrogen (secondary N) is 1. The standard InChI is InChI=1S/C60H113NO18/c1-3-5-7-9-11-13-15-17-18-19-20-21-22-23-24-26-27-29-31-33-35-37-44(65)43(61-48(66)38-36-34-32-30-28-25-16-14-12-10-8-6-4-2)42-74-58-54(72)51(69)56(46(40-63)76-58)79-60-55(73)52(70)57(47(41-64)77-60)78-59-53(71)50(68)49(67)45(39-62)75-59/h35,37,43-47,49-60,62-65,67-73H,3-34,36,38-42H2,1-2H3,(H,61,66)/b37-35+. The fourth-order valence-electron chi connectivity index (χ4n) is 10.9. The van der Waals surface area contributed by atoms with Crippen LogP contribution in [0.3, 0.4) is 0 Å². The predicted molar refractivity (Wildman–Crippen MR) is 300 cm³/mol. The molecule has 1 amide bonds. The third kappa shape index (κ3) is 27.9. The van der Waals surface area contributed by atoms with E-state index in [-0.39, 0.29) is 18.9 Å². The number of hydrogen-bond acceptors (Lipinski definition) is 18. The maximum Gasteiger partial charge on any atom is 0.220 e. The van der Waals surface area contributed by atoms with Gasteiger partial charge in [0.05, 0.1) is 38.6 Å². The summed E-state index contributed by atoms with van der Waals surface area (Å²) in [5, 5.41) is 120. The Kier molecular flexibility index (Phi) is 40.1. The van der Waals surface area contributed by atoms with Gasteiger partial charge in [-0.2, -0.15) is 0 Å². The van der Waals surface area contributed by atoms with E-state index in [1.807, 2.05) is 6.08 Å². The zero-order valence-corrected chi connectivity index (χ0v) is 48.6. The summed E-state index contributed by atoms with van der Waals surface area (Å²) in [7, 11) is 0. The molecule has 466 valence electrons. The smallest absolute Gasteiger partial charge is 0.220 e. The van der Waals surface area contributed by atoms with Crippen LogP contribution in [-0.2, 0) is 33.2 Å². The number of unbranched alkanes of at least 4 members (excludes halogenated alkanes) is 31. The highest BCUT2D eigenvalue weighted by atomic mass is 16.8. The SMILES string of the molecule is CCCCCCCCCCCCCCCCCCCCC/C=C/C(O)C(COC1OC(CO)C(OC2OC(CO)C(OC3OC(CO)C(O)C(O)C3O)C(O)C2O)C(O)C1O)NC(=O)CCCCCCCCCCCCCCC. The van der Waals surface area contributed by atoms with Crippen LogP contribution in [0.4, 0.5) is 0 Å². The van der Waals surface area contributed by atoms with Gasteiger partial charge in [-0.15, -0.1) is 0 Å². The molecule has 0 aromatic rings. The van der Waals surface area contributed by atoms with Crippen LogP contribution < -0.4 is 5.32 Å². The Labute approximate surface area is 474 Å². The fourth-order valence-corrected chi connectivity index (χ4v) is 10.9. The minimum Gasteiger partial charge on any atom is -0.394 e. The molecule has 3 heterocycles. The van der Waals surface area contributed by atoms with E-state index in [4.69, 9.17) is 28.4 Å². The summed E-state index contributed by atoms with van der Waals surface area (Å²) >= 11 is 0. The molecule has 79 heavy (non-hydrogen) atoms. The molecule has 3 fully saturated rings. The minimum absolute atomic E-state index is 0.248. The Balaban J connectivity index is 1.48. The molecule has 17 atom stereocenters. The van der Waals surface area contributed by atoms with E-state index in [1.54, 1.807) is 6.08 Å². The number of ether oxygens (including phenoxy) is 6. The van der Waals surface area contributed by atoms with Gasteiger partial charge < -0.3 is 89.9 Å². The van der Waals surface area contributed by atoms with E-state index in [0.717, 1.165) is 44.9 Å². The molecule has 12 N–H and O–H groups in total. The van der Waals surface area contributed by atoms with Gasteiger partial charge in [0.1, 0.15) is 73.2 Å². The van der Waals surface area contributed by atoms with Crippen LogP contribution in [0.5, 0.6) is 0 Å². The van der Waals surface area contributed by atoms with Crippen molar-refractivity contribution in [1.29, 1.82) is 0 Å². The Bertz CT molecular complexity index is 1500. The maximum atomic E-state index is 13.3. The van der Waals surface area contributed by atoms with Crippen molar-refractivity contribution in [3.63, 3.8) is 0 Å². The van der Waals surface area contributed by atoms with Gasteiger partial charge in [-0.3, -0.25) is 4.79 Å². The fraction of sp³-hybridized carbons (Fsp3) is 0.950. The number of aliphatic hydroxyl groups is 11. The molecule has 17 unspecified atom stereocenters. The topological polar surface area (TPSA) is 307 Å². The van der Waals surface area contributed by atoms with Crippen molar-refractivity contribution in [2.75, 3.05) is 26.4 Å². The van der Waals surface area contributed by atoms with E-state index in [0.29, 0.717) is 6.42 Å². The Hall–Kier alpha value is -1.47. The summed E-state index contributed by atoms with van der Waals surface area (Å²) in [5.41, 5.74) is 0. The highest BCUT2D eigenvalue weighted by Gasteiger charge is 2.53. The van der Waals surface area contributed by atoms with Gasteiger partial charge in [0.25, 0.3) is 0 Å². The maximum absolute atomic E-state index is 13.3. The van der Waals surface area contributed by atoms with Crippen molar-refractivity contribution >= 4 is 5.91 Å². The van der Waals surface area contributed by atoms with Gasteiger partial charge in [0.15, 0.2) is 18.9 Å². The Morgan fingerprint density at radius 1 is 0.443 bits per heavy atom. The number of allylic oxidation sites excluding steroid dienone is 1. The average molecular weight is 1140 g/mol. The second kappa shape index (κ2) is 44.1. The van der Waals surface area contributed by atoms with Crippen molar-refractivity contribution in [3.05, 3.63) is 12.2 Å². The van der Waals surface area contributed by atoms with Gasteiger partial charge in [-0.25, -0.2) is 0 Å². The van der Waals surface area contributed by atoms with Crippen LogP contribution >= 0.6 is 0 Å². The zero-order valence-electron chi connectivity index (χ0n) is 48.6. The molecule has 0 aromatic heterocycles. The van der Waals surface area contributed by atoms with Crippen LogP contribution in [0.25, 0.3) is 0 Å². The van der Waals surface area contributed by atoms with E-state index in [9.17, 15) is 61.0 Å². The van der Waals surface area contributed by atoms with Crippen molar-refractivity contribution in [2.24, 2.45) is 0 Å². The van der Waals surface area contributed by atoms with Gasteiger partial charge in [-0.1, -0.05) is 219 Å². The summed E-state index contributed by atoms with van der Waals surface area (Å²) in [6, 6.07) is -0.967. The molecule has 0 aliphatic carbocycles. The largest absolute Gasteiger partial charge is 0.394 e. The number of rotatable bonds is 47. The first-order chi connectivity index (χ1) is 38.3. The summed E-state index contributed by atoms with van der Waals surface area (Å²) in [5.74, 6) is -0.273. The number of carbonyl (C=O) groups excluding carboxylic acids is 1. The summed E-state index contributed by atoms with van der Waals surface area (Å²) < 4.78 is 34.3. The van der Waals surface area contributed by atoms with E-state index < -0.39 is 124 Å². The van der Waals surface area contributed by atoms with Crippen LogP contribution in [0, 0.1) is 0 Å². The van der Waals surface area contributed by atoms with Gasteiger partial charge >= 0.3 is 0 Å². The third-order valence-electron chi connectivity index (χ3n) is 16.1. The lowest BCUT2D eigenvalue weighted by atomic mass is 9.96. The van der Waals surface area contributed by atoms with Crippen LogP contribution in [-0.4, -0.2) is 193 Å². The molecule has 3 aliphatic heterocycles. The van der Waals surface area contributed by atoms with E-state index in [2.05, 4.69) is 19.2 Å². The number of amides is 1. The summed E-state index contributed by atoms with van der Waals surface area (Å²) in [6.07, 6.45) is 17.6. The molecule has 0 bridgehead atoms. The zero-order chi connectivity index (χ0) is 57.6. The summed E-state index contributed by atoms with van der Waals surface area (Å²) in [4.78, 5) is 13.3. The molecule has 19 nitrogen and oxygen atoms in total. The lowest BCUT2D eigenvalue weighted by molar-refractivity contribution is -0.379. The van der Waals surface area contributed by atoms with Crippen LogP contribution in [0.2, 0.25) is 0 Å². The molecule has 0 saturated carbocycles. The van der Waals surface area contributed by atoms with E-state index >= 15 is 0 Å².